The Kier molecular flexibility index (Phi) is 6.58. The molecule has 2 N–H and O–H groups in total. The van der Waals surface area contributed by atoms with Gasteiger partial charge >= 0.3 is 0 Å². The van der Waals surface area contributed by atoms with E-state index in [0.29, 0.717) is 19.5 Å². The summed E-state index contributed by atoms with van der Waals surface area (Å²) in [7, 11) is -3.25. The Morgan fingerprint density at radius 2 is 1.95 bits per heavy atom. The van der Waals surface area contributed by atoms with Crippen molar-refractivity contribution >= 4 is 10.0 Å². The summed E-state index contributed by atoms with van der Waals surface area (Å²) >= 11 is 0. The fourth-order valence-electron chi connectivity index (χ4n) is 1.84. The second-order valence-electron chi connectivity index (χ2n) is 5.14. The maximum absolute atomic E-state index is 12.9. The van der Waals surface area contributed by atoms with E-state index in [-0.39, 0.29) is 17.6 Å². The first-order chi connectivity index (χ1) is 9.30. The molecule has 4 nitrogen and oxygen atoms in total. The average Bonchev–Trinajstić information content (AvgIpc) is 2.31. The van der Waals surface area contributed by atoms with Gasteiger partial charge < -0.3 is 5.32 Å². The largest absolute Gasteiger partial charge is 0.313 e. The Morgan fingerprint density at radius 1 is 1.25 bits per heavy atom. The maximum atomic E-state index is 12.9. The zero-order valence-electron chi connectivity index (χ0n) is 12.2. The van der Waals surface area contributed by atoms with Crippen LogP contribution in [0.15, 0.2) is 18.2 Å². The van der Waals surface area contributed by atoms with E-state index < -0.39 is 10.0 Å². The van der Waals surface area contributed by atoms with Crippen LogP contribution in [0.4, 0.5) is 4.39 Å². The molecule has 0 aliphatic carbocycles. The summed E-state index contributed by atoms with van der Waals surface area (Å²) in [5.74, 6) is -0.209. The quantitative estimate of drug-likeness (QED) is 0.767. The molecule has 0 heterocycles. The predicted octanol–water partition coefficient (Wildman–Crippen LogP) is 1.59. The van der Waals surface area contributed by atoms with E-state index in [2.05, 4.69) is 10.0 Å². The van der Waals surface area contributed by atoms with Crippen molar-refractivity contribution < 1.29 is 12.8 Å². The molecule has 0 amide bonds. The van der Waals surface area contributed by atoms with Gasteiger partial charge in [0.25, 0.3) is 0 Å². The van der Waals surface area contributed by atoms with Crippen LogP contribution in [0.1, 0.15) is 25.0 Å². The molecular formula is C14H23FN2O2S. The zero-order valence-corrected chi connectivity index (χ0v) is 13.1. The predicted molar refractivity (Wildman–Crippen MR) is 79.8 cm³/mol. The van der Waals surface area contributed by atoms with E-state index in [4.69, 9.17) is 0 Å². The molecule has 1 rings (SSSR count). The van der Waals surface area contributed by atoms with Crippen LogP contribution < -0.4 is 10.0 Å². The van der Waals surface area contributed by atoms with E-state index >= 15 is 0 Å². The fourth-order valence-corrected chi connectivity index (χ4v) is 2.78. The Balaban J connectivity index is 2.39. The van der Waals surface area contributed by atoms with Gasteiger partial charge in [-0.05, 0) is 36.6 Å². The molecule has 0 fully saturated rings. The first-order valence-corrected chi connectivity index (χ1v) is 8.41. The first kappa shape index (κ1) is 17.1. The van der Waals surface area contributed by atoms with Gasteiger partial charge in [0.2, 0.25) is 10.0 Å². The minimum Gasteiger partial charge on any atom is -0.313 e. The number of hydrogen-bond donors (Lipinski definition) is 2. The fraction of sp³-hybridized carbons (Fsp3) is 0.571. The molecule has 0 unspecified atom stereocenters. The molecule has 0 radical (unpaired) electrons. The molecule has 6 heteroatoms. The van der Waals surface area contributed by atoms with Gasteiger partial charge in [0, 0.05) is 19.1 Å². The SMILES string of the molecule is Cc1cc(F)ccc1CCNS(=O)(=O)CCNC(C)C. The van der Waals surface area contributed by atoms with E-state index in [9.17, 15) is 12.8 Å². The summed E-state index contributed by atoms with van der Waals surface area (Å²) < 4.78 is 39.0. The van der Waals surface area contributed by atoms with Crippen LogP contribution in [0.3, 0.4) is 0 Å². The maximum Gasteiger partial charge on any atom is 0.212 e. The van der Waals surface area contributed by atoms with E-state index in [1.165, 1.54) is 12.1 Å². The van der Waals surface area contributed by atoms with Gasteiger partial charge in [-0.25, -0.2) is 17.5 Å². The highest BCUT2D eigenvalue weighted by atomic mass is 32.2. The monoisotopic (exact) mass is 302 g/mol. The Bertz CT molecular complexity index is 530. The number of nitrogens with one attached hydrogen (secondary N) is 2. The van der Waals surface area contributed by atoms with E-state index in [1.54, 1.807) is 6.07 Å². The summed E-state index contributed by atoms with van der Waals surface area (Å²) in [6, 6.07) is 4.81. The average molecular weight is 302 g/mol. The summed E-state index contributed by atoms with van der Waals surface area (Å²) in [4.78, 5) is 0. The van der Waals surface area contributed by atoms with Crippen LogP contribution in [0.2, 0.25) is 0 Å². The van der Waals surface area contributed by atoms with Gasteiger partial charge in [-0.15, -0.1) is 0 Å². The van der Waals surface area contributed by atoms with Crippen molar-refractivity contribution in [3.05, 3.63) is 35.1 Å². The molecule has 0 spiro atoms. The van der Waals surface area contributed by atoms with Crippen molar-refractivity contribution in [2.45, 2.75) is 33.2 Å². The summed E-state index contributed by atoms with van der Waals surface area (Å²) in [5.41, 5.74) is 1.79. The lowest BCUT2D eigenvalue weighted by atomic mass is 10.1. The molecule has 0 aliphatic heterocycles. The Labute approximate surface area is 120 Å². The van der Waals surface area contributed by atoms with Gasteiger partial charge in [-0.2, -0.15) is 0 Å². The van der Waals surface area contributed by atoms with Crippen LogP contribution >= 0.6 is 0 Å². The van der Waals surface area contributed by atoms with Crippen molar-refractivity contribution in [3.63, 3.8) is 0 Å². The second-order valence-corrected chi connectivity index (χ2v) is 7.07. The molecule has 1 aromatic rings. The molecular weight excluding hydrogens is 279 g/mol. The third-order valence-corrected chi connectivity index (χ3v) is 4.33. The third-order valence-electron chi connectivity index (χ3n) is 2.94. The molecule has 0 bridgehead atoms. The van der Waals surface area contributed by atoms with Crippen molar-refractivity contribution in [3.8, 4) is 0 Å². The van der Waals surface area contributed by atoms with Crippen LogP contribution in [0.25, 0.3) is 0 Å². The number of benzene rings is 1. The molecule has 0 saturated heterocycles. The van der Waals surface area contributed by atoms with Gasteiger partial charge in [0.1, 0.15) is 5.82 Å². The standard InChI is InChI=1S/C14H23FN2O2S/c1-11(2)16-8-9-20(18,19)17-7-6-13-4-5-14(15)10-12(13)3/h4-5,10-11,16-17H,6-9H2,1-3H3. The minimum atomic E-state index is -3.25. The highest BCUT2D eigenvalue weighted by molar-refractivity contribution is 7.89. The van der Waals surface area contributed by atoms with Crippen molar-refractivity contribution in [2.24, 2.45) is 0 Å². The molecule has 1 aromatic carbocycles. The number of sulfonamides is 1. The van der Waals surface area contributed by atoms with Crippen LogP contribution in [0.5, 0.6) is 0 Å². The lowest BCUT2D eigenvalue weighted by molar-refractivity contribution is 0.567. The molecule has 0 saturated carbocycles. The minimum absolute atomic E-state index is 0.0631. The lowest BCUT2D eigenvalue weighted by Crippen LogP contribution is -2.35. The van der Waals surface area contributed by atoms with E-state index in [1.807, 2.05) is 20.8 Å². The van der Waals surface area contributed by atoms with Gasteiger partial charge in [-0.1, -0.05) is 19.9 Å². The highest BCUT2D eigenvalue weighted by Gasteiger charge is 2.10. The topological polar surface area (TPSA) is 58.2 Å². The van der Waals surface area contributed by atoms with E-state index in [0.717, 1.165) is 11.1 Å². The number of halogens is 1. The normalized spacial score (nSPS) is 12.1. The Morgan fingerprint density at radius 3 is 2.55 bits per heavy atom. The Hall–Kier alpha value is -0.980. The van der Waals surface area contributed by atoms with Crippen molar-refractivity contribution in [1.82, 2.24) is 10.0 Å². The molecule has 114 valence electrons. The van der Waals surface area contributed by atoms with Gasteiger partial charge in [0.15, 0.2) is 0 Å². The van der Waals surface area contributed by atoms with Crippen molar-refractivity contribution in [1.29, 1.82) is 0 Å². The van der Waals surface area contributed by atoms with Gasteiger partial charge in [-0.3, -0.25) is 0 Å². The number of hydrogen-bond acceptors (Lipinski definition) is 3. The summed E-state index contributed by atoms with van der Waals surface area (Å²) in [6.07, 6.45) is 0.558. The molecule has 0 atom stereocenters. The zero-order chi connectivity index (χ0) is 15.2. The second kappa shape index (κ2) is 7.71. The highest BCUT2D eigenvalue weighted by Crippen LogP contribution is 2.10. The van der Waals surface area contributed by atoms with Crippen molar-refractivity contribution in [2.75, 3.05) is 18.8 Å². The number of rotatable bonds is 8. The summed E-state index contributed by atoms with van der Waals surface area (Å²) in [6.45, 7) is 6.52. The molecule has 20 heavy (non-hydrogen) atoms. The molecule has 0 aromatic heterocycles. The summed E-state index contributed by atoms with van der Waals surface area (Å²) in [5, 5.41) is 3.06. The van der Waals surface area contributed by atoms with Gasteiger partial charge in [0.05, 0.1) is 5.75 Å². The lowest BCUT2D eigenvalue weighted by Gasteiger charge is -2.10. The first-order valence-electron chi connectivity index (χ1n) is 6.76. The van der Waals surface area contributed by atoms with Crippen LogP contribution in [0, 0.1) is 12.7 Å². The third kappa shape index (κ3) is 6.45. The van der Waals surface area contributed by atoms with Crippen LogP contribution in [-0.2, 0) is 16.4 Å². The smallest absolute Gasteiger partial charge is 0.212 e. The molecule has 0 aliphatic rings. The number of aryl methyl sites for hydroxylation is 1. The van der Waals surface area contributed by atoms with Crippen LogP contribution in [-0.4, -0.2) is 33.3 Å².